The van der Waals surface area contributed by atoms with Crippen LogP contribution in [0.15, 0.2) is 107 Å². The fourth-order valence-electron chi connectivity index (χ4n) is 13.8. The van der Waals surface area contributed by atoms with Gasteiger partial charge in [-0.3, -0.25) is 24.1 Å². The van der Waals surface area contributed by atoms with Crippen LogP contribution in [-0.4, -0.2) is 50.3 Å². The first-order valence-corrected chi connectivity index (χ1v) is 36.4. The van der Waals surface area contributed by atoms with Gasteiger partial charge in [0.05, 0.1) is 115 Å². The molecule has 12 aromatic rings. The van der Waals surface area contributed by atoms with Gasteiger partial charge in [0.1, 0.15) is 79.8 Å². The molecule has 17 rings (SSSR count). The van der Waals surface area contributed by atoms with E-state index in [0.717, 1.165) is 71.6 Å². The Morgan fingerprint density at radius 2 is 0.932 bits per heavy atom. The predicted octanol–water partition coefficient (Wildman–Crippen LogP) is 20.2. The van der Waals surface area contributed by atoms with Crippen LogP contribution >= 0.6 is 79.7 Å². The molecular formula is C77H34N12O7S7. The molecule has 0 radical (unpaired) electrons. The summed E-state index contributed by atoms with van der Waals surface area (Å²) in [5.74, 6) is 1.01. The van der Waals surface area contributed by atoms with E-state index < -0.39 is 22.8 Å². The van der Waals surface area contributed by atoms with Gasteiger partial charge >= 0.3 is 0 Å². The first-order valence-electron chi connectivity index (χ1n) is 30.7. The molecule has 19 nitrogen and oxygen atoms in total. The highest BCUT2D eigenvalue weighted by molar-refractivity contribution is 7.29. The highest BCUT2D eigenvalue weighted by Crippen LogP contribution is 2.62. The maximum atomic E-state index is 14.6. The largest absolute Gasteiger partial charge is 0.495 e. The van der Waals surface area contributed by atoms with Gasteiger partial charge in [-0.2, -0.15) is 19.3 Å². The number of nitrogens with zero attached hydrogens (tertiary/aromatic N) is 12. The number of nitriles is 4. The van der Waals surface area contributed by atoms with Crippen molar-refractivity contribution in [3.8, 4) is 118 Å². The monoisotopic (exact) mass is 1460 g/mol. The van der Waals surface area contributed by atoms with E-state index in [2.05, 4.69) is 31.5 Å². The number of fused-ring (bicyclic) bond motifs is 13. The Labute approximate surface area is 612 Å². The van der Waals surface area contributed by atoms with E-state index in [1.165, 1.54) is 80.9 Å². The molecule has 0 N–H and O–H groups in total. The standard InChI is InChI=1S/C77H34N12O7S7/c1-76(2)43-23-53(99-70(43)74-51(95-76)25-56(101-74)73-50(94-10)20-34(98-73)18-42-58(48(30-81)85-8)38-21-45(82-5)46(83-6)22-40(38)68(42)91)59-62-63(87-66-61(86-62)35-13-11-12-14-36(35)69(66)92)60(65-64(59)88-103-89-65)54-24-44-71(100-54)75-52(96-77(44,3)4)26-55(102-75)72-49(93-9)19-33(97-72)17-41-57(47(29-80)84-7)37-15-31(27-78)32(28-79)16-39(37)67(41)90/h11-26H,1-4,9-10H3/b41-17-,42-18-,57-47-,58-48+. The van der Waals surface area contributed by atoms with Crippen LogP contribution in [0.5, 0.6) is 23.0 Å². The second kappa shape index (κ2) is 23.2. The van der Waals surface area contributed by atoms with E-state index in [0.29, 0.717) is 82.8 Å². The average molecular weight is 1460 g/mol. The topological polar surface area (TPSA) is 252 Å². The Kier molecular flexibility index (Phi) is 14.4. The van der Waals surface area contributed by atoms with Crippen LogP contribution in [0.3, 0.4) is 0 Å². The molecule has 4 aromatic carbocycles. The number of Topliss-reactive ketones (excluding diaryl/α,β-unsaturated/α-hetero) is 2. The lowest BCUT2D eigenvalue weighted by molar-refractivity contribution is 0.103. The van der Waals surface area contributed by atoms with E-state index in [9.17, 15) is 35.4 Å². The number of rotatable bonds is 8. The third-order valence-electron chi connectivity index (χ3n) is 18.4. The third kappa shape index (κ3) is 9.32. The van der Waals surface area contributed by atoms with Crippen molar-refractivity contribution < 1.29 is 33.3 Å². The molecule has 486 valence electrons. The molecule has 0 unspecified atom stereocenters. The van der Waals surface area contributed by atoms with Crippen LogP contribution in [0.25, 0.3) is 136 Å². The van der Waals surface area contributed by atoms with Crippen LogP contribution in [0, 0.1) is 71.6 Å². The van der Waals surface area contributed by atoms with Crippen molar-refractivity contribution in [3.63, 3.8) is 0 Å². The van der Waals surface area contributed by atoms with Crippen LogP contribution < -0.4 is 18.9 Å². The van der Waals surface area contributed by atoms with Gasteiger partial charge in [0.2, 0.25) is 5.78 Å². The fraction of sp³-hybridized carbons (Fsp3) is 0.104. The van der Waals surface area contributed by atoms with Gasteiger partial charge in [0.15, 0.2) is 22.9 Å². The average Bonchev–Trinajstić information content (AvgIpc) is 1.58. The lowest BCUT2D eigenvalue weighted by atomic mass is 9.93. The second-order valence-corrected chi connectivity index (χ2v) is 31.7. The van der Waals surface area contributed by atoms with Gasteiger partial charge < -0.3 is 18.9 Å². The van der Waals surface area contributed by atoms with Crippen LogP contribution in [0.2, 0.25) is 0 Å². The molecule has 3 aliphatic carbocycles. The molecule has 0 spiro atoms. The minimum atomic E-state index is -0.882. The molecule has 8 aromatic heterocycles. The minimum absolute atomic E-state index is 0.00246. The van der Waals surface area contributed by atoms with Crippen molar-refractivity contribution in [2.75, 3.05) is 14.2 Å². The highest BCUT2D eigenvalue weighted by atomic mass is 32.1. The van der Waals surface area contributed by atoms with Gasteiger partial charge in [-0.15, -0.1) is 68.0 Å². The SMILES string of the molecule is [C-]#[N+]/C(C#N)=C1\C(=C\c2cc(OC)c(-c3cc4c(s3)-c3sc(-c5c6nsnc6c(-c6cc7c(s6)-c6sc(-c8sc(/C=C9\C(=O)c%10cc([N+]#[C-])c([N+]#[C-])cc%10\C9=C(\C#N)[N+]#[C-])cc8OC)cc6OC7(C)C)c6nc7c(nc56)C(=O)c5ccccc5-7)cc3C(C)(C)O4)s2)C(=O)c2cc(C#N)c(C#N)cc21. The summed E-state index contributed by atoms with van der Waals surface area (Å²) in [6.45, 7) is 39.1. The zero-order valence-electron chi connectivity index (χ0n) is 53.8. The quantitative estimate of drug-likeness (QED) is 0.0779. The molecule has 2 aliphatic heterocycles. The molecule has 0 saturated heterocycles. The van der Waals surface area contributed by atoms with Crippen molar-refractivity contribution in [2.45, 2.75) is 38.9 Å². The number of aromatic nitrogens is 4. The van der Waals surface area contributed by atoms with Crippen molar-refractivity contribution >= 4 is 154 Å². The second-order valence-electron chi connectivity index (χ2n) is 24.8. The van der Waals surface area contributed by atoms with Gasteiger partial charge in [0.25, 0.3) is 11.4 Å². The number of carbonyl (C=O) groups is 3. The van der Waals surface area contributed by atoms with Gasteiger partial charge in [0, 0.05) is 98.4 Å². The Bertz CT molecular complexity index is 6580. The molecule has 10 heterocycles. The first kappa shape index (κ1) is 63.8. The number of ether oxygens (including phenoxy) is 4. The lowest BCUT2D eigenvalue weighted by Crippen LogP contribution is -2.27. The predicted molar refractivity (Wildman–Crippen MR) is 397 cm³/mol. The maximum Gasteiger partial charge on any atom is 0.270 e. The number of methoxy groups -OCH3 is 2. The summed E-state index contributed by atoms with van der Waals surface area (Å²) in [4.78, 5) is 77.1. The fourth-order valence-corrected chi connectivity index (χ4v) is 21.9. The summed E-state index contributed by atoms with van der Waals surface area (Å²) in [6.07, 6.45) is 3.22. The van der Waals surface area contributed by atoms with Crippen LogP contribution in [0.4, 0.5) is 11.4 Å². The molecule has 0 saturated carbocycles. The Morgan fingerprint density at radius 3 is 1.39 bits per heavy atom. The summed E-state index contributed by atoms with van der Waals surface area (Å²) in [6, 6.07) is 32.3. The molecule has 0 amide bonds. The molecule has 103 heavy (non-hydrogen) atoms. The summed E-state index contributed by atoms with van der Waals surface area (Å²) < 4.78 is 36.0. The number of hydrogen-bond donors (Lipinski definition) is 0. The van der Waals surface area contributed by atoms with Crippen molar-refractivity contribution in [2.24, 2.45) is 0 Å². The van der Waals surface area contributed by atoms with Crippen LogP contribution in [0.1, 0.15) is 108 Å². The zero-order chi connectivity index (χ0) is 71.6. The number of ketones is 3. The third-order valence-corrected chi connectivity index (χ3v) is 26.3. The van der Waals surface area contributed by atoms with Gasteiger partial charge in [-0.25, -0.2) is 30.2 Å². The van der Waals surface area contributed by atoms with Gasteiger partial charge in [-0.05, 0) is 87.4 Å². The summed E-state index contributed by atoms with van der Waals surface area (Å²) in [5, 5.41) is 40.0. The minimum Gasteiger partial charge on any atom is -0.495 e. The Hall–Kier alpha value is -12.7. The molecule has 0 fully saturated rings. The van der Waals surface area contributed by atoms with E-state index >= 15 is 0 Å². The maximum absolute atomic E-state index is 14.6. The van der Waals surface area contributed by atoms with E-state index in [1.54, 1.807) is 55.9 Å². The van der Waals surface area contributed by atoms with Crippen molar-refractivity contribution in [3.05, 3.63) is 219 Å². The molecule has 26 heteroatoms. The molecular weight excluding hydrogens is 1430 g/mol. The summed E-state index contributed by atoms with van der Waals surface area (Å²) in [5.41, 5.74) is 5.60. The van der Waals surface area contributed by atoms with Crippen LogP contribution in [-0.2, 0) is 11.2 Å². The summed E-state index contributed by atoms with van der Waals surface area (Å²) >= 11 is 9.81. The molecule has 0 atom stereocenters. The number of hydrogen-bond acceptors (Lipinski definition) is 22. The highest BCUT2D eigenvalue weighted by Gasteiger charge is 2.43. The number of carbonyl (C=O) groups excluding carboxylic acids is 3. The Balaban J connectivity index is 0.778. The Morgan fingerprint density at radius 1 is 0.495 bits per heavy atom. The smallest absolute Gasteiger partial charge is 0.270 e. The molecule has 0 bridgehead atoms. The van der Waals surface area contributed by atoms with Crippen molar-refractivity contribution in [1.82, 2.24) is 18.7 Å². The zero-order valence-corrected chi connectivity index (χ0v) is 59.5. The van der Waals surface area contributed by atoms with E-state index in [1.807, 2.05) is 82.3 Å². The molecule has 5 aliphatic rings. The van der Waals surface area contributed by atoms with Gasteiger partial charge in [-0.1, -0.05) is 36.4 Å². The van der Waals surface area contributed by atoms with E-state index in [4.69, 9.17) is 64.0 Å². The van der Waals surface area contributed by atoms with Crippen molar-refractivity contribution in [1.29, 1.82) is 21.0 Å². The first-order chi connectivity index (χ1) is 49.8. The normalized spacial score (nSPS) is 16.0. The number of thiophene rings is 6. The number of allylic oxidation sites excluding steroid dienone is 6. The lowest BCUT2D eigenvalue weighted by Gasteiger charge is -2.31. The number of benzene rings is 4. The summed E-state index contributed by atoms with van der Waals surface area (Å²) in [7, 11) is 3.09. The van der Waals surface area contributed by atoms with E-state index in [-0.39, 0.29) is 89.9 Å².